The normalized spacial score (nSPS) is 28.5. The third kappa shape index (κ3) is 3.65. The number of piperidine rings is 1. The van der Waals surface area contributed by atoms with Gasteiger partial charge < -0.3 is 14.8 Å². The predicted octanol–water partition coefficient (Wildman–Crippen LogP) is 0.743. The monoisotopic (exact) mass is 325 g/mol. The fraction of sp³-hybridized carbons (Fsp3) is 0.733. The highest BCUT2D eigenvalue weighted by Gasteiger charge is 2.43. The lowest BCUT2D eigenvalue weighted by atomic mass is 9.82. The van der Waals surface area contributed by atoms with Crippen molar-refractivity contribution in [1.82, 2.24) is 15.2 Å². The van der Waals surface area contributed by atoms with Gasteiger partial charge in [0.1, 0.15) is 5.01 Å². The highest BCUT2D eigenvalue weighted by molar-refractivity contribution is 7.09. The van der Waals surface area contributed by atoms with Gasteiger partial charge in [-0.3, -0.25) is 9.69 Å². The van der Waals surface area contributed by atoms with Crippen molar-refractivity contribution >= 4 is 17.2 Å². The number of carbonyl (C=O) groups is 1. The van der Waals surface area contributed by atoms with Crippen LogP contribution < -0.4 is 5.32 Å². The first-order chi connectivity index (χ1) is 10.8. The van der Waals surface area contributed by atoms with E-state index in [1.807, 2.05) is 11.6 Å². The van der Waals surface area contributed by atoms with Crippen LogP contribution in [0.4, 0.5) is 0 Å². The summed E-state index contributed by atoms with van der Waals surface area (Å²) < 4.78 is 10.8. The molecule has 0 bridgehead atoms. The summed E-state index contributed by atoms with van der Waals surface area (Å²) in [5.74, 6) is 0.467. The van der Waals surface area contributed by atoms with Crippen molar-refractivity contribution in [3.8, 4) is 0 Å². The summed E-state index contributed by atoms with van der Waals surface area (Å²) in [5, 5.41) is 6.07. The number of nitrogens with zero attached hydrogens (tertiary/aromatic N) is 2. The number of fused-ring (bicyclic) bond motifs is 1. The zero-order chi connectivity index (χ0) is 15.4. The smallest absolute Gasteiger partial charge is 0.224 e. The SMILES string of the molecule is COCCNC(=O)[C@@H]1CN(Cc2nccs2)C[C@H]2OCC[C@H]21. The first kappa shape index (κ1) is 15.9. The Labute approximate surface area is 134 Å². The second kappa shape index (κ2) is 7.50. The molecule has 7 heteroatoms. The maximum atomic E-state index is 12.5. The summed E-state index contributed by atoms with van der Waals surface area (Å²) in [7, 11) is 1.64. The number of carbonyl (C=O) groups excluding carboxylic acids is 1. The Bertz CT molecular complexity index is 482. The molecule has 0 aromatic carbocycles. The molecule has 122 valence electrons. The molecule has 1 aromatic rings. The van der Waals surface area contributed by atoms with Crippen LogP contribution in [0.15, 0.2) is 11.6 Å². The quantitative estimate of drug-likeness (QED) is 0.782. The molecule has 2 aliphatic rings. The maximum Gasteiger partial charge on any atom is 0.224 e. The largest absolute Gasteiger partial charge is 0.383 e. The minimum atomic E-state index is -0.00179. The van der Waals surface area contributed by atoms with E-state index >= 15 is 0 Å². The van der Waals surface area contributed by atoms with Crippen LogP contribution in [0.1, 0.15) is 11.4 Å². The third-order valence-corrected chi connectivity index (χ3v) is 5.22. The second-order valence-corrected chi connectivity index (χ2v) is 6.85. The van der Waals surface area contributed by atoms with Gasteiger partial charge in [-0.1, -0.05) is 0 Å². The molecule has 2 fully saturated rings. The minimum Gasteiger partial charge on any atom is -0.383 e. The highest BCUT2D eigenvalue weighted by atomic mass is 32.1. The lowest BCUT2D eigenvalue weighted by Gasteiger charge is -2.38. The van der Waals surface area contributed by atoms with Crippen molar-refractivity contribution in [2.45, 2.75) is 19.1 Å². The summed E-state index contributed by atoms with van der Waals surface area (Å²) in [6, 6.07) is 0. The second-order valence-electron chi connectivity index (χ2n) is 5.87. The Morgan fingerprint density at radius 1 is 1.59 bits per heavy atom. The van der Waals surface area contributed by atoms with Crippen LogP contribution in [-0.4, -0.2) is 61.9 Å². The lowest BCUT2D eigenvalue weighted by molar-refractivity contribution is -0.131. The first-order valence-corrected chi connectivity index (χ1v) is 8.65. The number of hydrogen-bond donors (Lipinski definition) is 1. The summed E-state index contributed by atoms with van der Waals surface area (Å²) in [5.41, 5.74) is 0. The van der Waals surface area contributed by atoms with Crippen molar-refractivity contribution in [2.24, 2.45) is 11.8 Å². The van der Waals surface area contributed by atoms with E-state index in [1.54, 1.807) is 18.4 Å². The molecular formula is C15H23N3O3S. The predicted molar refractivity (Wildman–Crippen MR) is 83.6 cm³/mol. The molecule has 6 nitrogen and oxygen atoms in total. The molecule has 0 spiro atoms. The van der Waals surface area contributed by atoms with Crippen molar-refractivity contribution in [3.63, 3.8) is 0 Å². The molecule has 22 heavy (non-hydrogen) atoms. The standard InChI is InChI=1S/C15H23N3O3S/c1-20-6-3-17-15(19)12-8-18(10-14-16-4-7-22-14)9-13-11(12)2-5-21-13/h4,7,11-13H,2-3,5-6,8-10H2,1H3,(H,17,19)/t11-,12+,13+/m0/s1. The number of nitrogens with one attached hydrogen (secondary N) is 1. The van der Waals surface area contributed by atoms with Gasteiger partial charge in [0.15, 0.2) is 0 Å². The van der Waals surface area contributed by atoms with E-state index in [9.17, 15) is 4.79 Å². The number of thiazole rings is 1. The zero-order valence-electron chi connectivity index (χ0n) is 12.9. The molecule has 1 aromatic heterocycles. The van der Waals surface area contributed by atoms with Gasteiger partial charge >= 0.3 is 0 Å². The summed E-state index contributed by atoms with van der Waals surface area (Å²) in [4.78, 5) is 19.1. The van der Waals surface area contributed by atoms with Gasteiger partial charge in [-0.15, -0.1) is 11.3 Å². The molecule has 2 saturated heterocycles. The van der Waals surface area contributed by atoms with Gasteiger partial charge in [-0.25, -0.2) is 4.98 Å². The Balaban J connectivity index is 1.63. The van der Waals surface area contributed by atoms with Crippen LogP contribution in [0.5, 0.6) is 0 Å². The van der Waals surface area contributed by atoms with Crippen LogP contribution in [-0.2, 0) is 20.8 Å². The summed E-state index contributed by atoms with van der Waals surface area (Å²) in [6.45, 7) is 4.35. The van der Waals surface area contributed by atoms with E-state index in [0.29, 0.717) is 19.1 Å². The fourth-order valence-corrected chi connectivity index (χ4v) is 4.05. The third-order valence-electron chi connectivity index (χ3n) is 4.46. The number of amides is 1. The number of ether oxygens (including phenoxy) is 2. The molecule has 2 aliphatic heterocycles. The molecule has 1 amide bonds. The summed E-state index contributed by atoms with van der Waals surface area (Å²) >= 11 is 1.66. The lowest BCUT2D eigenvalue weighted by Crippen LogP contribution is -2.52. The molecule has 1 N–H and O–H groups in total. The number of rotatable bonds is 6. The van der Waals surface area contributed by atoms with Crippen molar-refractivity contribution in [1.29, 1.82) is 0 Å². The Morgan fingerprint density at radius 2 is 2.50 bits per heavy atom. The van der Waals surface area contributed by atoms with E-state index in [-0.39, 0.29) is 17.9 Å². The van der Waals surface area contributed by atoms with E-state index in [2.05, 4.69) is 15.2 Å². The van der Waals surface area contributed by atoms with Crippen molar-refractivity contribution in [3.05, 3.63) is 16.6 Å². The van der Waals surface area contributed by atoms with Crippen LogP contribution >= 0.6 is 11.3 Å². The maximum absolute atomic E-state index is 12.5. The fourth-order valence-electron chi connectivity index (χ4n) is 3.39. The molecule has 0 saturated carbocycles. The van der Waals surface area contributed by atoms with E-state index < -0.39 is 0 Å². The van der Waals surface area contributed by atoms with E-state index in [0.717, 1.165) is 37.7 Å². The van der Waals surface area contributed by atoms with Gasteiger partial charge in [0.2, 0.25) is 5.91 Å². The van der Waals surface area contributed by atoms with Crippen LogP contribution in [0.3, 0.4) is 0 Å². The van der Waals surface area contributed by atoms with Gasteiger partial charge in [0.05, 0.1) is 25.2 Å². The molecule has 0 aliphatic carbocycles. The number of methoxy groups -OCH3 is 1. The van der Waals surface area contributed by atoms with Gasteiger partial charge in [0, 0.05) is 50.8 Å². The molecule has 0 unspecified atom stereocenters. The number of likely N-dealkylation sites (tertiary alicyclic amines) is 1. The van der Waals surface area contributed by atoms with Crippen LogP contribution in [0, 0.1) is 11.8 Å². The zero-order valence-corrected chi connectivity index (χ0v) is 13.7. The Hall–Kier alpha value is -1.02. The average Bonchev–Trinajstić information content (AvgIpc) is 3.17. The Morgan fingerprint density at radius 3 is 3.27 bits per heavy atom. The summed E-state index contributed by atoms with van der Waals surface area (Å²) in [6.07, 6.45) is 2.98. The minimum absolute atomic E-state index is 0.00179. The first-order valence-electron chi connectivity index (χ1n) is 7.77. The molecule has 0 radical (unpaired) electrons. The number of aromatic nitrogens is 1. The van der Waals surface area contributed by atoms with E-state index in [1.165, 1.54) is 0 Å². The van der Waals surface area contributed by atoms with Crippen molar-refractivity contribution in [2.75, 3.05) is 40.0 Å². The Kier molecular flexibility index (Phi) is 5.41. The molecule has 3 atom stereocenters. The van der Waals surface area contributed by atoms with E-state index in [4.69, 9.17) is 9.47 Å². The molecular weight excluding hydrogens is 302 g/mol. The topological polar surface area (TPSA) is 63.7 Å². The molecule has 3 rings (SSSR count). The average molecular weight is 325 g/mol. The van der Waals surface area contributed by atoms with Gasteiger partial charge in [-0.2, -0.15) is 0 Å². The van der Waals surface area contributed by atoms with Crippen LogP contribution in [0.2, 0.25) is 0 Å². The van der Waals surface area contributed by atoms with Gasteiger partial charge in [-0.05, 0) is 6.42 Å². The van der Waals surface area contributed by atoms with Gasteiger partial charge in [0.25, 0.3) is 0 Å². The van der Waals surface area contributed by atoms with Crippen LogP contribution in [0.25, 0.3) is 0 Å². The molecule has 3 heterocycles. The number of hydrogen-bond acceptors (Lipinski definition) is 6. The highest BCUT2D eigenvalue weighted by Crippen LogP contribution is 2.34. The van der Waals surface area contributed by atoms with Crippen molar-refractivity contribution < 1.29 is 14.3 Å².